The van der Waals surface area contributed by atoms with Crippen molar-refractivity contribution in [3.63, 3.8) is 0 Å². The summed E-state index contributed by atoms with van der Waals surface area (Å²) in [5.74, 6) is 1.60. The summed E-state index contributed by atoms with van der Waals surface area (Å²) in [7, 11) is 1.83. The quantitative estimate of drug-likeness (QED) is 0.512. The maximum atomic E-state index is 11.5. The monoisotopic (exact) mass is 297 g/mol. The number of nitrogens with zero attached hydrogens (tertiary/aromatic N) is 2. The smallest absolute Gasteiger partial charge is 0.316 e. The molecule has 0 saturated heterocycles. The predicted molar refractivity (Wildman–Crippen MR) is 82.4 cm³/mol. The number of hydrogen-bond donors (Lipinski definition) is 1. The van der Waals surface area contributed by atoms with E-state index in [1.807, 2.05) is 14.0 Å². The highest BCUT2D eigenvalue weighted by atomic mass is 32.2. The van der Waals surface area contributed by atoms with Gasteiger partial charge in [0.15, 0.2) is 0 Å². The summed E-state index contributed by atoms with van der Waals surface area (Å²) in [6.07, 6.45) is 0. The van der Waals surface area contributed by atoms with E-state index in [2.05, 4.69) is 36.1 Å². The van der Waals surface area contributed by atoms with E-state index in [1.165, 1.54) is 11.8 Å². The van der Waals surface area contributed by atoms with Gasteiger partial charge in [0.2, 0.25) is 0 Å². The first-order valence-corrected chi connectivity index (χ1v) is 7.63. The Morgan fingerprint density at radius 2 is 2.00 bits per heavy atom. The highest BCUT2D eigenvalue weighted by Gasteiger charge is 2.21. The second-order valence-electron chi connectivity index (χ2n) is 5.42. The lowest BCUT2D eigenvalue weighted by molar-refractivity contribution is -0.139. The molecule has 0 spiro atoms. The minimum atomic E-state index is -0.223. The van der Waals surface area contributed by atoms with Crippen molar-refractivity contribution in [2.45, 2.75) is 45.1 Å². The molecule has 1 heterocycles. The highest BCUT2D eigenvalue weighted by molar-refractivity contribution is 7.99. The van der Waals surface area contributed by atoms with Crippen molar-refractivity contribution in [2.24, 2.45) is 0 Å². The van der Waals surface area contributed by atoms with E-state index in [1.54, 1.807) is 6.92 Å². The number of thioether (sulfide) groups is 1. The normalized spacial score (nSPS) is 11.3. The first-order chi connectivity index (χ1) is 9.29. The molecule has 20 heavy (non-hydrogen) atoms. The number of aromatic nitrogens is 2. The molecule has 0 aliphatic heterocycles. The molecule has 1 aromatic rings. The van der Waals surface area contributed by atoms with Gasteiger partial charge in [0.25, 0.3) is 0 Å². The average molecular weight is 297 g/mol. The summed E-state index contributed by atoms with van der Waals surface area (Å²) in [5.41, 5.74) is 0.813. The molecular weight excluding hydrogens is 274 g/mol. The van der Waals surface area contributed by atoms with Gasteiger partial charge in [0.1, 0.15) is 16.7 Å². The van der Waals surface area contributed by atoms with Crippen LogP contribution in [-0.2, 0) is 14.9 Å². The Balaban J connectivity index is 3.02. The van der Waals surface area contributed by atoms with Crippen LogP contribution in [0.3, 0.4) is 0 Å². The van der Waals surface area contributed by atoms with Crippen LogP contribution >= 0.6 is 11.8 Å². The van der Waals surface area contributed by atoms with E-state index in [4.69, 9.17) is 4.74 Å². The number of hydrogen-bond acceptors (Lipinski definition) is 6. The summed E-state index contributed by atoms with van der Waals surface area (Å²) in [5, 5.41) is 3.90. The lowest BCUT2D eigenvalue weighted by Gasteiger charge is -2.20. The molecule has 0 radical (unpaired) electrons. The number of rotatable bonds is 5. The molecule has 1 aromatic heterocycles. The first-order valence-electron chi connectivity index (χ1n) is 6.64. The molecule has 0 saturated carbocycles. The van der Waals surface area contributed by atoms with Gasteiger partial charge in [0.05, 0.1) is 12.4 Å². The van der Waals surface area contributed by atoms with Crippen LogP contribution in [0.2, 0.25) is 0 Å². The Morgan fingerprint density at radius 3 is 2.50 bits per heavy atom. The largest absolute Gasteiger partial charge is 0.465 e. The molecule has 0 atom stereocenters. The van der Waals surface area contributed by atoms with E-state index in [0.29, 0.717) is 6.61 Å². The Bertz CT molecular complexity index is 484. The zero-order valence-corrected chi connectivity index (χ0v) is 13.8. The summed E-state index contributed by atoms with van der Waals surface area (Å²) in [6, 6.07) is 0. The van der Waals surface area contributed by atoms with Crippen molar-refractivity contribution in [1.82, 2.24) is 9.97 Å². The molecule has 1 N–H and O–H groups in total. The molecular formula is C14H23N3O2S. The molecule has 0 aromatic carbocycles. The maximum absolute atomic E-state index is 11.5. The van der Waals surface area contributed by atoms with Gasteiger partial charge in [-0.1, -0.05) is 32.5 Å². The van der Waals surface area contributed by atoms with Gasteiger partial charge >= 0.3 is 5.97 Å². The van der Waals surface area contributed by atoms with Gasteiger partial charge in [-0.3, -0.25) is 4.79 Å². The Hall–Kier alpha value is -1.30. The minimum absolute atomic E-state index is 0.140. The van der Waals surface area contributed by atoms with Gasteiger partial charge in [-0.15, -0.1) is 0 Å². The van der Waals surface area contributed by atoms with Gasteiger partial charge in [0, 0.05) is 18.0 Å². The van der Waals surface area contributed by atoms with Gasteiger partial charge in [-0.2, -0.15) is 0 Å². The predicted octanol–water partition coefficient (Wildman–Crippen LogP) is 2.78. The number of carbonyl (C=O) groups is 1. The summed E-state index contributed by atoms with van der Waals surface area (Å²) >= 11 is 1.39. The molecule has 0 bridgehead atoms. The van der Waals surface area contributed by atoms with Crippen LogP contribution in [0, 0.1) is 6.92 Å². The number of esters is 1. The second kappa shape index (κ2) is 6.92. The first kappa shape index (κ1) is 16.8. The molecule has 0 amide bonds. The Kier molecular flexibility index (Phi) is 5.80. The van der Waals surface area contributed by atoms with Crippen LogP contribution in [0.1, 0.15) is 39.1 Å². The number of carbonyl (C=O) groups excluding carboxylic acids is 1. The molecule has 5 nitrogen and oxygen atoms in total. The second-order valence-corrected chi connectivity index (χ2v) is 6.38. The van der Waals surface area contributed by atoms with E-state index in [9.17, 15) is 4.79 Å². The van der Waals surface area contributed by atoms with Crippen LogP contribution < -0.4 is 5.32 Å². The van der Waals surface area contributed by atoms with Crippen LogP contribution in [0.25, 0.3) is 0 Å². The van der Waals surface area contributed by atoms with Crippen molar-refractivity contribution in [3.05, 3.63) is 11.4 Å². The van der Waals surface area contributed by atoms with Crippen molar-refractivity contribution in [3.8, 4) is 0 Å². The topological polar surface area (TPSA) is 64.1 Å². The summed E-state index contributed by atoms with van der Waals surface area (Å²) < 4.78 is 4.94. The van der Waals surface area contributed by atoms with E-state index < -0.39 is 0 Å². The fourth-order valence-electron chi connectivity index (χ4n) is 1.55. The van der Waals surface area contributed by atoms with Gasteiger partial charge < -0.3 is 10.1 Å². The maximum Gasteiger partial charge on any atom is 0.316 e. The molecule has 112 valence electrons. The van der Waals surface area contributed by atoms with Crippen LogP contribution in [0.4, 0.5) is 5.82 Å². The Labute approximate surface area is 124 Å². The van der Waals surface area contributed by atoms with Crippen molar-refractivity contribution in [1.29, 1.82) is 0 Å². The summed E-state index contributed by atoms with van der Waals surface area (Å²) in [4.78, 5) is 20.6. The van der Waals surface area contributed by atoms with Crippen LogP contribution in [-0.4, -0.2) is 35.3 Å². The molecule has 0 unspecified atom stereocenters. The summed E-state index contributed by atoms with van der Waals surface area (Å²) in [6.45, 7) is 10.4. The number of nitrogens with one attached hydrogen (secondary N) is 1. The van der Waals surface area contributed by atoms with E-state index in [0.717, 1.165) is 22.2 Å². The van der Waals surface area contributed by atoms with E-state index >= 15 is 0 Å². The fraction of sp³-hybridized carbons (Fsp3) is 0.643. The minimum Gasteiger partial charge on any atom is -0.465 e. The van der Waals surface area contributed by atoms with Gasteiger partial charge in [-0.05, 0) is 13.8 Å². The molecule has 1 rings (SSSR count). The zero-order valence-electron chi connectivity index (χ0n) is 13.0. The van der Waals surface area contributed by atoms with Crippen LogP contribution in [0.5, 0.6) is 0 Å². The Morgan fingerprint density at radius 1 is 1.35 bits per heavy atom. The van der Waals surface area contributed by atoms with Crippen molar-refractivity contribution < 1.29 is 9.53 Å². The molecule has 6 heteroatoms. The van der Waals surface area contributed by atoms with Gasteiger partial charge in [-0.25, -0.2) is 9.97 Å². The average Bonchev–Trinajstić information content (AvgIpc) is 2.36. The van der Waals surface area contributed by atoms with E-state index in [-0.39, 0.29) is 17.1 Å². The number of anilines is 1. The van der Waals surface area contributed by atoms with Crippen LogP contribution in [0.15, 0.2) is 5.03 Å². The fourth-order valence-corrected chi connectivity index (χ4v) is 2.35. The zero-order chi connectivity index (χ0) is 15.3. The highest BCUT2D eigenvalue weighted by Crippen LogP contribution is 2.28. The third-order valence-electron chi connectivity index (χ3n) is 2.64. The standard InChI is InChI=1S/C14H23N3O2S/c1-7-19-10(18)8-20-12-9(2)11(15-6)16-13(17-12)14(3,4)5/h7-8H2,1-6H3,(H,15,16,17). The van der Waals surface area contributed by atoms with Crippen molar-refractivity contribution in [2.75, 3.05) is 24.7 Å². The lowest BCUT2D eigenvalue weighted by atomic mass is 9.95. The SMILES string of the molecule is CCOC(=O)CSc1nc(C(C)(C)C)nc(NC)c1C. The molecule has 0 aliphatic carbocycles. The van der Waals surface area contributed by atoms with Crippen molar-refractivity contribution >= 4 is 23.5 Å². The lowest BCUT2D eigenvalue weighted by Crippen LogP contribution is -2.18. The molecule has 0 fully saturated rings. The number of ether oxygens (including phenoxy) is 1. The third-order valence-corrected chi connectivity index (χ3v) is 3.69. The third kappa shape index (κ3) is 4.37. The molecule has 0 aliphatic rings.